The van der Waals surface area contributed by atoms with Crippen LogP contribution in [0.25, 0.3) is 0 Å². The van der Waals surface area contributed by atoms with Crippen LogP contribution in [-0.2, 0) is 20.7 Å². The number of carboxylic acid groups (broad SMARTS) is 1. The zero-order chi connectivity index (χ0) is 13.1. The molecular weight excluding hydrogens is 254 g/mol. The van der Waals surface area contributed by atoms with Crippen molar-refractivity contribution in [1.29, 1.82) is 0 Å². The SMILES string of the molecule is Cc1ccc(CC(=O)N2CCOC[C@H]2C(=O)O)s1. The lowest BCUT2D eigenvalue weighted by atomic mass is 10.2. The van der Waals surface area contributed by atoms with E-state index in [0.29, 0.717) is 13.2 Å². The second-order valence-corrected chi connectivity index (χ2v) is 5.58. The molecule has 2 rings (SSSR count). The number of carbonyl (C=O) groups is 2. The van der Waals surface area contributed by atoms with E-state index < -0.39 is 12.0 Å². The molecule has 1 aliphatic heterocycles. The van der Waals surface area contributed by atoms with Crippen LogP contribution in [-0.4, -0.2) is 47.7 Å². The first-order valence-electron chi connectivity index (χ1n) is 5.73. The lowest BCUT2D eigenvalue weighted by Crippen LogP contribution is -2.53. The van der Waals surface area contributed by atoms with Crippen molar-refractivity contribution < 1.29 is 19.4 Å². The van der Waals surface area contributed by atoms with Crippen molar-refractivity contribution in [2.75, 3.05) is 19.8 Å². The number of thiophene rings is 1. The molecule has 0 radical (unpaired) electrons. The van der Waals surface area contributed by atoms with E-state index in [1.54, 1.807) is 11.3 Å². The van der Waals surface area contributed by atoms with E-state index in [0.717, 1.165) is 9.75 Å². The van der Waals surface area contributed by atoms with E-state index in [1.165, 1.54) is 4.90 Å². The predicted molar refractivity (Wildman–Crippen MR) is 66.7 cm³/mol. The van der Waals surface area contributed by atoms with Gasteiger partial charge in [0.1, 0.15) is 0 Å². The Morgan fingerprint density at radius 1 is 1.56 bits per heavy atom. The van der Waals surface area contributed by atoms with Gasteiger partial charge in [-0.05, 0) is 19.1 Å². The average Bonchev–Trinajstić information content (AvgIpc) is 2.74. The van der Waals surface area contributed by atoms with Crippen molar-refractivity contribution in [3.8, 4) is 0 Å². The van der Waals surface area contributed by atoms with Gasteiger partial charge in [-0.15, -0.1) is 11.3 Å². The summed E-state index contributed by atoms with van der Waals surface area (Å²) >= 11 is 1.56. The van der Waals surface area contributed by atoms with Gasteiger partial charge in [0.25, 0.3) is 0 Å². The van der Waals surface area contributed by atoms with Gasteiger partial charge in [0.05, 0.1) is 19.6 Å². The Morgan fingerprint density at radius 2 is 2.33 bits per heavy atom. The topological polar surface area (TPSA) is 66.8 Å². The van der Waals surface area contributed by atoms with Crippen LogP contribution in [0.2, 0.25) is 0 Å². The second kappa shape index (κ2) is 5.49. The van der Waals surface area contributed by atoms with E-state index >= 15 is 0 Å². The fourth-order valence-electron chi connectivity index (χ4n) is 1.94. The summed E-state index contributed by atoms with van der Waals surface area (Å²) in [6.07, 6.45) is 0.266. The summed E-state index contributed by atoms with van der Waals surface area (Å²) in [5.74, 6) is -1.15. The molecule has 1 aliphatic rings. The van der Waals surface area contributed by atoms with Gasteiger partial charge in [-0.25, -0.2) is 4.79 Å². The maximum Gasteiger partial charge on any atom is 0.328 e. The minimum absolute atomic E-state index is 0.0739. The van der Waals surface area contributed by atoms with Gasteiger partial charge in [-0.3, -0.25) is 4.79 Å². The standard InChI is InChI=1S/C12H15NO4S/c1-8-2-3-9(18-8)6-11(14)13-4-5-17-7-10(13)12(15)16/h2-3,10H,4-7H2,1H3,(H,15,16)/t10-/m0/s1. The number of carboxylic acids is 1. The first-order valence-corrected chi connectivity index (χ1v) is 6.55. The van der Waals surface area contributed by atoms with E-state index in [9.17, 15) is 9.59 Å². The Morgan fingerprint density at radius 3 is 2.94 bits per heavy atom. The third-order valence-electron chi connectivity index (χ3n) is 2.86. The highest BCUT2D eigenvalue weighted by Crippen LogP contribution is 2.18. The zero-order valence-electron chi connectivity index (χ0n) is 10.1. The van der Waals surface area contributed by atoms with Gasteiger partial charge in [0, 0.05) is 16.3 Å². The third kappa shape index (κ3) is 2.88. The second-order valence-electron chi connectivity index (χ2n) is 4.21. The van der Waals surface area contributed by atoms with Crippen LogP contribution in [0.4, 0.5) is 0 Å². The fraction of sp³-hybridized carbons (Fsp3) is 0.500. The average molecular weight is 269 g/mol. The van der Waals surface area contributed by atoms with Gasteiger partial charge >= 0.3 is 5.97 Å². The van der Waals surface area contributed by atoms with E-state index in [4.69, 9.17) is 9.84 Å². The van der Waals surface area contributed by atoms with Crippen LogP contribution in [0.3, 0.4) is 0 Å². The van der Waals surface area contributed by atoms with Crippen molar-refractivity contribution in [1.82, 2.24) is 4.90 Å². The molecule has 6 heteroatoms. The third-order valence-corrected chi connectivity index (χ3v) is 3.86. The monoisotopic (exact) mass is 269 g/mol. The quantitative estimate of drug-likeness (QED) is 0.885. The minimum Gasteiger partial charge on any atom is -0.480 e. The number of morpholine rings is 1. The molecule has 0 aromatic carbocycles. The summed E-state index contributed by atoms with van der Waals surface area (Å²) in [5, 5.41) is 9.06. The fourth-order valence-corrected chi connectivity index (χ4v) is 2.82. The summed E-state index contributed by atoms with van der Waals surface area (Å²) in [6.45, 7) is 2.80. The van der Waals surface area contributed by atoms with Gasteiger partial charge in [-0.1, -0.05) is 0 Å². The Bertz CT molecular complexity index is 457. The van der Waals surface area contributed by atoms with Crippen LogP contribution in [0, 0.1) is 6.92 Å². The molecule has 1 saturated heterocycles. The molecule has 98 valence electrons. The summed E-state index contributed by atoms with van der Waals surface area (Å²) in [6, 6.07) is 3.02. The molecule has 1 fully saturated rings. The Hall–Kier alpha value is -1.40. The molecule has 18 heavy (non-hydrogen) atoms. The molecule has 0 unspecified atom stereocenters. The molecule has 1 atom stereocenters. The smallest absolute Gasteiger partial charge is 0.328 e. The number of ether oxygens (including phenoxy) is 1. The summed E-state index contributed by atoms with van der Waals surface area (Å²) < 4.78 is 5.11. The summed E-state index contributed by atoms with van der Waals surface area (Å²) in [5.41, 5.74) is 0. The number of hydrogen-bond acceptors (Lipinski definition) is 4. The highest BCUT2D eigenvalue weighted by atomic mass is 32.1. The molecule has 0 saturated carbocycles. The molecule has 2 heterocycles. The largest absolute Gasteiger partial charge is 0.480 e. The van der Waals surface area contributed by atoms with Crippen molar-refractivity contribution in [3.05, 3.63) is 21.9 Å². The van der Waals surface area contributed by atoms with Crippen LogP contribution in [0.15, 0.2) is 12.1 Å². The molecule has 1 amide bonds. The van der Waals surface area contributed by atoms with Crippen LogP contribution >= 0.6 is 11.3 Å². The summed E-state index contributed by atoms with van der Waals surface area (Å²) in [7, 11) is 0. The number of hydrogen-bond donors (Lipinski definition) is 1. The van der Waals surface area contributed by atoms with Crippen LogP contribution < -0.4 is 0 Å². The van der Waals surface area contributed by atoms with E-state index in [1.807, 2.05) is 19.1 Å². The maximum absolute atomic E-state index is 12.1. The highest BCUT2D eigenvalue weighted by Gasteiger charge is 2.32. The van der Waals surface area contributed by atoms with E-state index in [-0.39, 0.29) is 18.9 Å². The van der Waals surface area contributed by atoms with Gasteiger partial charge in [0.2, 0.25) is 5.91 Å². The molecule has 1 aromatic heterocycles. The van der Waals surface area contributed by atoms with Crippen molar-refractivity contribution in [3.63, 3.8) is 0 Å². The maximum atomic E-state index is 12.1. The Kier molecular flexibility index (Phi) is 3.98. The predicted octanol–water partition coefficient (Wildman–Crippen LogP) is 0.911. The minimum atomic E-state index is -1.01. The lowest BCUT2D eigenvalue weighted by molar-refractivity contribution is -0.157. The van der Waals surface area contributed by atoms with Gasteiger partial charge in [0.15, 0.2) is 6.04 Å². The van der Waals surface area contributed by atoms with Gasteiger partial charge < -0.3 is 14.7 Å². The number of aryl methyl sites for hydroxylation is 1. The first-order chi connectivity index (χ1) is 8.58. The number of carbonyl (C=O) groups excluding carboxylic acids is 1. The van der Waals surface area contributed by atoms with Crippen LogP contribution in [0.1, 0.15) is 9.75 Å². The van der Waals surface area contributed by atoms with Crippen LogP contribution in [0.5, 0.6) is 0 Å². The molecule has 0 aliphatic carbocycles. The number of amides is 1. The molecule has 1 aromatic rings. The normalized spacial score (nSPS) is 19.8. The molecular formula is C12H15NO4S. The number of nitrogens with zero attached hydrogens (tertiary/aromatic N) is 1. The van der Waals surface area contributed by atoms with Crippen molar-refractivity contribution in [2.24, 2.45) is 0 Å². The number of rotatable bonds is 3. The molecule has 0 bridgehead atoms. The zero-order valence-corrected chi connectivity index (χ0v) is 10.9. The lowest BCUT2D eigenvalue weighted by Gasteiger charge is -2.32. The first kappa shape index (κ1) is 13.0. The number of aliphatic carboxylic acids is 1. The summed E-state index contributed by atoms with van der Waals surface area (Å²) in [4.78, 5) is 26.7. The molecule has 5 nitrogen and oxygen atoms in total. The Balaban J connectivity index is 2.04. The Labute approximate surface area is 109 Å². The molecule has 1 N–H and O–H groups in total. The highest BCUT2D eigenvalue weighted by molar-refractivity contribution is 7.12. The van der Waals surface area contributed by atoms with Crippen molar-refractivity contribution in [2.45, 2.75) is 19.4 Å². The van der Waals surface area contributed by atoms with Crippen molar-refractivity contribution >= 4 is 23.2 Å². The van der Waals surface area contributed by atoms with E-state index in [2.05, 4.69) is 0 Å². The molecule has 0 spiro atoms. The van der Waals surface area contributed by atoms with Gasteiger partial charge in [-0.2, -0.15) is 0 Å².